The Balaban J connectivity index is 1.78. The number of carbonyl (C=O) groups excluding carboxylic acids is 1. The highest BCUT2D eigenvalue weighted by Crippen LogP contribution is 2.27. The Bertz CT molecular complexity index is 1280. The van der Waals surface area contributed by atoms with Crippen molar-refractivity contribution in [1.29, 1.82) is 0 Å². The number of carbonyl (C=O) groups is 1. The Morgan fingerprint density at radius 2 is 1.77 bits per heavy atom. The molecule has 0 bridgehead atoms. The lowest BCUT2D eigenvalue weighted by Gasteiger charge is -2.12. The second-order valence-electron chi connectivity index (χ2n) is 7.19. The van der Waals surface area contributed by atoms with E-state index in [1.165, 1.54) is 0 Å². The predicted molar refractivity (Wildman–Crippen MR) is 119 cm³/mol. The zero-order chi connectivity index (χ0) is 21.3. The van der Waals surface area contributed by atoms with Gasteiger partial charge in [-0.1, -0.05) is 36.4 Å². The summed E-state index contributed by atoms with van der Waals surface area (Å²) in [6.45, 7) is 1.73. The summed E-state index contributed by atoms with van der Waals surface area (Å²) in [5, 5.41) is 3.20. The molecule has 2 aromatic carbocycles. The van der Waals surface area contributed by atoms with Gasteiger partial charge in [0.15, 0.2) is 11.0 Å². The van der Waals surface area contributed by atoms with Crippen LogP contribution in [0.2, 0.25) is 0 Å². The summed E-state index contributed by atoms with van der Waals surface area (Å²) in [5.74, 6) is 0.878. The highest BCUT2D eigenvalue weighted by Gasteiger charge is 2.18. The van der Waals surface area contributed by atoms with Crippen LogP contribution in [0.3, 0.4) is 0 Å². The molecule has 4 aromatic rings. The first-order chi connectivity index (χ1) is 14.5. The molecule has 0 aliphatic heterocycles. The fraction of sp³-hybridized carbons (Fsp3) is 0.125. The molecule has 0 saturated carbocycles. The van der Waals surface area contributed by atoms with Crippen LogP contribution in [0.15, 0.2) is 76.1 Å². The number of amides is 1. The lowest BCUT2D eigenvalue weighted by molar-refractivity contribution is 0.102. The van der Waals surface area contributed by atoms with Gasteiger partial charge >= 0.3 is 0 Å². The van der Waals surface area contributed by atoms with E-state index >= 15 is 0 Å². The summed E-state index contributed by atoms with van der Waals surface area (Å²) in [6.07, 6.45) is 1.59. The maximum Gasteiger partial charge on any atom is 0.259 e. The number of rotatable bonds is 4. The van der Waals surface area contributed by atoms with E-state index in [1.807, 2.05) is 55.4 Å². The number of nitrogens with one attached hydrogen (secondary N) is 1. The van der Waals surface area contributed by atoms with Crippen molar-refractivity contribution in [3.63, 3.8) is 0 Å². The maximum atomic E-state index is 13.0. The fourth-order valence-electron chi connectivity index (χ4n) is 3.28. The summed E-state index contributed by atoms with van der Waals surface area (Å²) in [6, 6.07) is 18.0. The maximum absolute atomic E-state index is 13.0. The van der Waals surface area contributed by atoms with Crippen LogP contribution in [0.4, 0.5) is 11.5 Å². The van der Waals surface area contributed by atoms with Crippen LogP contribution in [-0.2, 0) is 0 Å². The van der Waals surface area contributed by atoms with Gasteiger partial charge < -0.3 is 14.6 Å². The number of aromatic nitrogens is 1. The van der Waals surface area contributed by atoms with Gasteiger partial charge in [-0.05, 0) is 31.2 Å². The minimum atomic E-state index is -0.369. The van der Waals surface area contributed by atoms with Gasteiger partial charge in [-0.3, -0.25) is 9.59 Å². The van der Waals surface area contributed by atoms with Crippen LogP contribution in [-0.4, -0.2) is 25.0 Å². The molecule has 2 heterocycles. The molecule has 6 nitrogen and oxygen atoms in total. The topological polar surface area (TPSA) is 75.4 Å². The molecular weight excluding hydrogens is 378 g/mol. The van der Waals surface area contributed by atoms with E-state index in [2.05, 4.69) is 10.3 Å². The molecule has 0 spiro atoms. The highest BCUT2D eigenvalue weighted by molar-refractivity contribution is 6.11. The highest BCUT2D eigenvalue weighted by atomic mass is 16.3. The van der Waals surface area contributed by atoms with Gasteiger partial charge in [-0.2, -0.15) is 0 Å². The third kappa shape index (κ3) is 3.55. The average Bonchev–Trinajstić information content (AvgIpc) is 2.76. The monoisotopic (exact) mass is 399 g/mol. The van der Waals surface area contributed by atoms with E-state index in [1.54, 1.807) is 37.4 Å². The van der Waals surface area contributed by atoms with Crippen molar-refractivity contribution in [3.8, 4) is 11.3 Å². The Morgan fingerprint density at radius 3 is 2.43 bits per heavy atom. The summed E-state index contributed by atoms with van der Waals surface area (Å²) in [5.41, 5.74) is 2.25. The predicted octanol–water partition coefficient (Wildman–Crippen LogP) is 4.48. The number of hydrogen-bond acceptors (Lipinski definition) is 5. The second kappa shape index (κ2) is 7.83. The number of benzene rings is 2. The normalized spacial score (nSPS) is 10.8. The van der Waals surface area contributed by atoms with Crippen molar-refractivity contribution in [2.75, 3.05) is 24.3 Å². The molecule has 30 heavy (non-hydrogen) atoms. The molecule has 0 aliphatic carbocycles. The van der Waals surface area contributed by atoms with Gasteiger partial charge in [-0.15, -0.1) is 0 Å². The Morgan fingerprint density at radius 1 is 1.00 bits per heavy atom. The van der Waals surface area contributed by atoms with Crippen molar-refractivity contribution in [1.82, 2.24) is 4.98 Å². The van der Waals surface area contributed by atoms with Crippen molar-refractivity contribution >= 4 is 28.4 Å². The van der Waals surface area contributed by atoms with Crippen molar-refractivity contribution < 1.29 is 9.21 Å². The van der Waals surface area contributed by atoms with Crippen LogP contribution in [0.25, 0.3) is 22.3 Å². The smallest absolute Gasteiger partial charge is 0.259 e. The first-order valence-electron chi connectivity index (χ1n) is 9.52. The zero-order valence-corrected chi connectivity index (χ0v) is 17.0. The van der Waals surface area contributed by atoms with E-state index in [4.69, 9.17) is 4.42 Å². The van der Waals surface area contributed by atoms with E-state index < -0.39 is 0 Å². The number of pyridine rings is 1. The number of nitrogens with zero attached hydrogens (tertiary/aromatic N) is 2. The number of hydrogen-bond donors (Lipinski definition) is 1. The molecule has 2 aromatic heterocycles. The van der Waals surface area contributed by atoms with Crippen LogP contribution < -0.4 is 15.6 Å². The molecule has 0 atom stereocenters. The molecule has 4 rings (SSSR count). The van der Waals surface area contributed by atoms with Crippen molar-refractivity contribution in [2.24, 2.45) is 0 Å². The molecule has 1 amide bonds. The molecule has 0 unspecified atom stereocenters. The molecule has 0 saturated heterocycles. The quantitative estimate of drug-likeness (QED) is 0.548. The first-order valence-corrected chi connectivity index (χ1v) is 9.52. The Labute approximate surface area is 173 Å². The van der Waals surface area contributed by atoms with Crippen LogP contribution >= 0.6 is 0 Å². The first kappa shape index (κ1) is 19.4. The molecular formula is C24H21N3O3. The van der Waals surface area contributed by atoms with Crippen LogP contribution in [0.1, 0.15) is 15.9 Å². The SMILES string of the molecule is Cc1c(-c2ccccc2)oc2c(C(=O)Nc3ccc(N(C)C)nc3)cccc2c1=O. The van der Waals surface area contributed by atoms with Crippen molar-refractivity contribution in [2.45, 2.75) is 6.92 Å². The molecule has 0 fully saturated rings. The summed E-state index contributed by atoms with van der Waals surface area (Å²) in [7, 11) is 3.79. The van der Waals surface area contributed by atoms with E-state index in [0.29, 0.717) is 28.0 Å². The van der Waals surface area contributed by atoms with E-state index in [-0.39, 0.29) is 16.9 Å². The Kier molecular flexibility index (Phi) is 5.06. The molecule has 0 aliphatic rings. The lowest BCUT2D eigenvalue weighted by Crippen LogP contribution is -2.15. The number of anilines is 2. The third-order valence-corrected chi connectivity index (χ3v) is 4.89. The minimum absolute atomic E-state index is 0.151. The molecule has 6 heteroatoms. The summed E-state index contributed by atoms with van der Waals surface area (Å²) >= 11 is 0. The van der Waals surface area contributed by atoms with E-state index in [0.717, 1.165) is 11.4 Å². The summed E-state index contributed by atoms with van der Waals surface area (Å²) < 4.78 is 6.12. The zero-order valence-electron chi connectivity index (χ0n) is 17.0. The average molecular weight is 399 g/mol. The standard InChI is InChI=1S/C24H21N3O3/c1-15-21(28)18-10-7-11-19(23(18)30-22(15)16-8-5-4-6-9-16)24(29)26-17-12-13-20(25-14-17)27(2)3/h4-14H,1-3H3,(H,26,29). The van der Waals surface area contributed by atoms with Gasteiger partial charge in [-0.25, -0.2) is 4.98 Å². The van der Waals surface area contributed by atoms with Gasteiger partial charge in [0.05, 0.1) is 22.8 Å². The second-order valence-corrected chi connectivity index (χ2v) is 7.19. The van der Waals surface area contributed by atoms with Crippen LogP contribution in [0, 0.1) is 6.92 Å². The minimum Gasteiger partial charge on any atom is -0.455 e. The summed E-state index contributed by atoms with van der Waals surface area (Å²) in [4.78, 5) is 32.1. The molecule has 150 valence electrons. The van der Waals surface area contributed by atoms with E-state index in [9.17, 15) is 9.59 Å². The van der Waals surface area contributed by atoms with Gasteiger partial charge in [0.1, 0.15) is 11.6 Å². The largest absolute Gasteiger partial charge is 0.455 e. The fourth-order valence-corrected chi connectivity index (χ4v) is 3.28. The number of para-hydroxylation sites is 1. The van der Waals surface area contributed by atoms with Gasteiger partial charge in [0.2, 0.25) is 0 Å². The van der Waals surface area contributed by atoms with Crippen LogP contribution in [0.5, 0.6) is 0 Å². The molecule has 1 N–H and O–H groups in total. The van der Waals surface area contributed by atoms with Crippen molar-refractivity contribution in [3.05, 3.63) is 88.2 Å². The number of fused-ring (bicyclic) bond motifs is 1. The van der Waals surface area contributed by atoms with Gasteiger partial charge in [0, 0.05) is 25.2 Å². The molecule has 0 radical (unpaired) electrons. The third-order valence-electron chi connectivity index (χ3n) is 4.89. The Hall–Kier alpha value is -3.93. The lowest BCUT2D eigenvalue weighted by atomic mass is 10.0. The van der Waals surface area contributed by atoms with Gasteiger partial charge in [0.25, 0.3) is 5.91 Å².